The Morgan fingerprint density at radius 3 is 1.65 bits per heavy atom. The molecule has 0 aliphatic carbocycles. The number of aromatic carboxylic acids is 1. The fraction of sp³-hybridized carbons (Fsp3) is 0.286. The zero-order valence-electron chi connectivity index (χ0n) is 28.3. The van der Waals surface area contributed by atoms with Crippen LogP contribution in [0.15, 0.2) is 76.7 Å². The molecule has 0 atom stereocenters. The van der Waals surface area contributed by atoms with Gasteiger partial charge in [-0.05, 0) is 70.2 Å². The summed E-state index contributed by atoms with van der Waals surface area (Å²) in [5, 5.41) is 18.4. The lowest BCUT2D eigenvalue weighted by Crippen LogP contribution is -2.27. The van der Waals surface area contributed by atoms with Gasteiger partial charge < -0.3 is 23.4 Å². The lowest BCUT2D eigenvalue weighted by atomic mass is 10.2. The zero-order chi connectivity index (χ0) is 35.0. The maximum absolute atomic E-state index is 13.5. The van der Waals surface area contributed by atoms with E-state index in [1.165, 1.54) is 6.07 Å². The summed E-state index contributed by atoms with van der Waals surface area (Å²) in [4.78, 5) is 47.7. The lowest BCUT2D eigenvalue weighted by Gasteiger charge is -2.04. The number of benzene rings is 2. The Morgan fingerprint density at radius 2 is 1.16 bits per heavy atom. The van der Waals surface area contributed by atoms with Gasteiger partial charge in [-0.1, -0.05) is 24.3 Å². The number of carbonyl (C=O) groups excluding carboxylic acids is 2. The highest BCUT2D eigenvalue weighted by Gasteiger charge is 2.18. The van der Waals surface area contributed by atoms with Gasteiger partial charge in [0.15, 0.2) is 0 Å². The van der Waals surface area contributed by atoms with Crippen molar-refractivity contribution in [3.05, 3.63) is 106 Å². The SMILES string of the molecule is CCn1nc(C)cc1C(=O)/N=c1\n(C)c2ccccc2n1C/C=C/Cn1/c(=N/C(=O)c2cc(C)nn2CC)n(C)c2cc(C(=O)O)ccc21. The Morgan fingerprint density at radius 1 is 0.694 bits per heavy atom. The molecule has 252 valence electrons. The summed E-state index contributed by atoms with van der Waals surface area (Å²) in [6.07, 6.45) is 3.92. The molecule has 0 saturated carbocycles. The predicted octanol–water partition coefficient (Wildman–Crippen LogP) is 3.76. The number of hydrogen-bond donors (Lipinski definition) is 1. The molecule has 0 unspecified atom stereocenters. The topological polar surface area (TPSA) is 152 Å². The number of imidazole rings is 2. The van der Waals surface area contributed by atoms with Gasteiger partial charge in [0.2, 0.25) is 11.2 Å². The van der Waals surface area contributed by atoms with Crippen LogP contribution in [0.2, 0.25) is 0 Å². The van der Waals surface area contributed by atoms with E-state index in [4.69, 9.17) is 0 Å². The highest BCUT2D eigenvalue weighted by Crippen LogP contribution is 2.17. The molecule has 14 heteroatoms. The van der Waals surface area contributed by atoms with Crippen LogP contribution in [0.4, 0.5) is 0 Å². The first-order valence-corrected chi connectivity index (χ1v) is 16.0. The molecule has 14 nitrogen and oxygen atoms in total. The van der Waals surface area contributed by atoms with Crippen molar-refractivity contribution in [3.63, 3.8) is 0 Å². The molecule has 1 N–H and O–H groups in total. The zero-order valence-corrected chi connectivity index (χ0v) is 28.3. The maximum Gasteiger partial charge on any atom is 0.335 e. The second-order valence-corrected chi connectivity index (χ2v) is 11.7. The van der Waals surface area contributed by atoms with E-state index in [1.54, 1.807) is 45.2 Å². The molecule has 0 aliphatic rings. The Bertz CT molecular complexity index is 2440. The van der Waals surface area contributed by atoms with E-state index in [2.05, 4.69) is 20.2 Å². The van der Waals surface area contributed by atoms with E-state index in [9.17, 15) is 19.5 Å². The van der Waals surface area contributed by atoms with E-state index >= 15 is 0 Å². The van der Waals surface area contributed by atoms with Crippen molar-refractivity contribution in [1.29, 1.82) is 0 Å². The quantitative estimate of drug-likeness (QED) is 0.233. The molecule has 0 aliphatic heterocycles. The predicted molar refractivity (Wildman–Crippen MR) is 183 cm³/mol. The highest BCUT2D eigenvalue weighted by molar-refractivity contribution is 5.95. The highest BCUT2D eigenvalue weighted by atomic mass is 16.4. The monoisotopic (exact) mass is 662 g/mol. The van der Waals surface area contributed by atoms with E-state index in [0.717, 1.165) is 16.7 Å². The molecule has 49 heavy (non-hydrogen) atoms. The van der Waals surface area contributed by atoms with Gasteiger partial charge in [0.05, 0.1) is 39.0 Å². The van der Waals surface area contributed by atoms with Crippen molar-refractivity contribution < 1.29 is 19.5 Å². The number of amides is 2. The van der Waals surface area contributed by atoms with Crippen LogP contribution in [-0.4, -0.2) is 60.7 Å². The summed E-state index contributed by atoms with van der Waals surface area (Å²) in [6, 6.07) is 16.1. The number of carboxylic acids is 1. The minimum Gasteiger partial charge on any atom is -0.478 e. The first-order valence-electron chi connectivity index (χ1n) is 16.0. The van der Waals surface area contributed by atoms with Gasteiger partial charge in [-0.3, -0.25) is 19.0 Å². The molecule has 0 radical (unpaired) electrons. The molecule has 0 bridgehead atoms. The number of fused-ring (bicyclic) bond motifs is 2. The number of allylic oxidation sites excluding steroid dienone is 2. The number of aryl methyl sites for hydroxylation is 6. The van der Waals surface area contributed by atoms with Gasteiger partial charge in [-0.2, -0.15) is 20.2 Å². The number of carbonyl (C=O) groups is 3. The van der Waals surface area contributed by atoms with E-state index in [-0.39, 0.29) is 11.5 Å². The number of carboxylic acid groups (broad SMARTS) is 1. The second kappa shape index (κ2) is 13.2. The van der Waals surface area contributed by atoms with Gasteiger partial charge in [-0.25, -0.2) is 4.79 Å². The van der Waals surface area contributed by atoms with Gasteiger partial charge in [0.1, 0.15) is 11.4 Å². The minimum absolute atomic E-state index is 0.128. The molecule has 6 aromatic rings. The van der Waals surface area contributed by atoms with Gasteiger partial charge in [-0.15, -0.1) is 0 Å². The number of nitrogens with zero attached hydrogens (tertiary/aromatic N) is 10. The largest absolute Gasteiger partial charge is 0.478 e. The molecule has 2 amide bonds. The number of aromatic nitrogens is 8. The van der Waals surface area contributed by atoms with Crippen LogP contribution in [0.5, 0.6) is 0 Å². The summed E-state index contributed by atoms with van der Waals surface area (Å²) in [5.74, 6) is -1.88. The van der Waals surface area contributed by atoms with Crippen LogP contribution in [0.1, 0.15) is 56.6 Å². The second-order valence-electron chi connectivity index (χ2n) is 11.7. The van der Waals surface area contributed by atoms with Crippen molar-refractivity contribution in [2.45, 2.75) is 53.9 Å². The van der Waals surface area contributed by atoms with Crippen LogP contribution in [0.3, 0.4) is 0 Å². The van der Waals surface area contributed by atoms with Crippen molar-refractivity contribution in [1.82, 2.24) is 37.8 Å². The third-order valence-electron chi connectivity index (χ3n) is 8.48. The molecule has 0 fully saturated rings. The maximum atomic E-state index is 13.5. The average molecular weight is 663 g/mol. The molecular formula is C35H38N10O4. The summed E-state index contributed by atoms with van der Waals surface area (Å²) in [6.45, 7) is 9.29. The molecule has 4 aromatic heterocycles. The Balaban J connectivity index is 1.40. The Kier molecular flexibility index (Phi) is 8.87. The third kappa shape index (κ3) is 6.08. The van der Waals surface area contributed by atoms with Crippen LogP contribution in [-0.2, 0) is 40.3 Å². The Hall–Kier alpha value is -6.05. The average Bonchev–Trinajstić information content (AvgIpc) is 3.81. The van der Waals surface area contributed by atoms with E-state index in [1.807, 2.05) is 84.9 Å². The fourth-order valence-corrected chi connectivity index (χ4v) is 6.13. The molecular weight excluding hydrogens is 624 g/mol. The Labute approximate surface area is 281 Å². The molecule has 0 spiro atoms. The third-order valence-corrected chi connectivity index (χ3v) is 8.48. The minimum atomic E-state index is -1.05. The molecule has 0 saturated heterocycles. The fourth-order valence-electron chi connectivity index (χ4n) is 6.13. The molecule has 4 heterocycles. The van der Waals surface area contributed by atoms with Gasteiger partial charge >= 0.3 is 5.97 Å². The van der Waals surface area contributed by atoms with Crippen LogP contribution in [0.25, 0.3) is 22.1 Å². The van der Waals surface area contributed by atoms with Crippen LogP contribution >= 0.6 is 0 Å². The van der Waals surface area contributed by atoms with Crippen molar-refractivity contribution >= 4 is 39.9 Å². The molecule has 2 aromatic carbocycles. The molecule has 6 rings (SSSR count). The van der Waals surface area contributed by atoms with Crippen LogP contribution < -0.4 is 11.2 Å². The number of hydrogen-bond acceptors (Lipinski definition) is 5. The van der Waals surface area contributed by atoms with Crippen LogP contribution in [0, 0.1) is 13.8 Å². The van der Waals surface area contributed by atoms with Gasteiger partial charge in [0, 0.05) is 40.3 Å². The van der Waals surface area contributed by atoms with E-state index in [0.29, 0.717) is 65.5 Å². The smallest absolute Gasteiger partial charge is 0.335 e. The summed E-state index contributed by atoms with van der Waals surface area (Å²) in [5.41, 5.74) is 6.38. The number of para-hydroxylation sites is 2. The van der Waals surface area contributed by atoms with E-state index < -0.39 is 11.9 Å². The van der Waals surface area contributed by atoms with Crippen molar-refractivity contribution in [2.75, 3.05) is 0 Å². The van der Waals surface area contributed by atoms with Crippen molar-refractivity contribution in [3.8, 4) is 0 Å². The normalized spacial score (nSPS) is 12.7. The first kappa shape index (κ1) is 32.9. The summed E-state index contributed by atoms with van der Waals surface area (Å²) in [7, 11) is 3.64. The standard InChI is InChI=1S/C35H38N10O4/c1-7-44-29(19-22(3)38-44)31(46)36-34-40(5)25-13-9-10-14-26(25)42(34)17-11-12-18-43-27-16-15-24(33(48)49)21-28(27)41(6)35(43)37-32(47)30-20-23(4)39-45(30)8-2/h9-16,19-21H,7-8,17-18H2,1-6H3,(H,48,49)/b12-11+,36-34+,37-35+. The lowest BCUT2D eigenvalue weighted by molar-refractivity contribution is 0.0696. The summed E-state index contributed by atoms with van der Waals surface area (Å²) < 4.78 is 10.7. The summed E-state index contributed by atoms with van der Waals surface area (Å²) >= 11 is 0. The van der Waals surface area contributed by atoms with Gasteiger partial charge in [0.25, 0.3) is 11.8 Å². The number of rotatable bonds is 9. The first-order chi connectivity index (χ1) is 23.5. The van der Waals surface area contributed by atoms with Crippen molar-refractivity contribution in [2.24, 2.45) is 24.1 Å².